The molecule has 0 saturated carbocycles. The first kappa shape index (κ1) is 13.0. The second-order valence-corrected chi connectivity index (χ2v) is 5.40. The summed E-state index contributed by atoms with van der Waals surface area (Å²) in [6.07, 6.45) is 2.31. The molecule has 1 amide bonds. The molecule has 0 fully saturated rings. The summed E-state index contributed by atoms with van der Waals surface area (Å²) in [6.45, 7) is 3.96. The average molecular weight is 287 g/mol. The third-order valence-corrected chi connectivity index (χ3v) is 2.47. The Bertz CT molecular complexity index is 414. The average Bonchev–Trinajstić information content (AvgIpc) is 2.16. The number of carbonyl (C=O) groups is 1. The SMILES string of the molecule is CC(Br)CC(C)NC(=O)c1cc[nH]c(=O)c1. The number of alkyl halides is 1. The van der Waals surface area contributed by atoms with E-state index in [2.05, 4.69) is 26.2 Å². The zero-order chi connectivity index (χ0) is 12.1. The lowest BCUT2D eigenvalue weighted by Gasteiger charge is -2.14. The summed E-state index contributed by atoms with van der Waals surface area (Å²) in [4.78, 5) is 25.5. The van der Waals surface area contributed by atoms with Gasteiger partial charge in [-0.2, -0.15) is 0 Å². The number of hydrogen-bond acceptors (Lipinski definition) is 2. The van der Waals surface area contributed by atoms with Crippen molar-refractivity contribution in [1.29, 1.82) is 0 Å². The van der Waals surface area contributed by atoms with Crippen molar-refractivity contribution in [2.45, 2.75) is 31.1 Å². The predicted molar refractivity (Wildman–Crippen MR) is 67.0 cm³/mol. The standard InChI is InChI=1S/C11H15BrN2O2/c1-7(12)5-8(2)14-11(16)9-3-4-13-10(15)6-9/h3-4,6-8H,5H2,1-2H3,(H,13,15)(H,14,16). The summed E-state index contributed by atoms with van der Waals surface area (Å²) in [7, 11) is 0. The lowest BCUT2D eigenvalue weighted by molar-refractivity contribution is 0.0938. The van der Waals surface area contributed by atoms with E-state index >= 15 is 0 Å². The molecule has 2 unspecified atom stereocenters. The van der Waals surface area contributed by atoms with E-state index in [1.54, 1.807) is 6.07 Å². The second-order valence-electron chi connectivity index (χ2n) is 3.83. The summed E-state index contributed by atoms with van der Waals surface area (Å²) in [6, 6.07) is 2.95. The highest BCUT2D eigenvalue weighted by molar-refractivity contribution is 9.09. The van der Waals surface area contributed by atoms with Crippen molar-refractivity contribution in [3.63, 3.8) is 0 Å². The van der Waals surface area contributed by atoms with Crippen molar-refractivity contribution >= 4 is 21.8 Å². The number of aromatic nitrogens is 1. The molecule has 1 heterocycles. The Morgan fingerprint density at radius 1 is 1.56 bits per heavy atom. The van der Waals surface area contributed by atoms with Gasteiger partial charge in [0.05, 0.1) is 0 Å². The second kappa shape index (κ2) is 5.84. The zero-order valence-corrected chi connectivity index (χ0v) is 10.9. The molecule has 0 radical (unpaired) electrons. The van der Waals surface area contributed by atoms with E-state index in [4.69, 9.17) is 0 Å². The highest BCUT2D eigenvalue weighted by atomic mass is 79.9. The van der Waals surface area contributed by atoms with E-state index in [9.17, 15) is 9.59 Å². The Labute approximate surface area is 103 Å². The van der Waals surface area contributed by atoms with Crippen LogP contribution < -0.4 is 10.9 Å². The monoisotopic (exact) mass is 286 g/mol. The highest BCUT2D eigenvalue weighted by Crippen LogP contribution is 2.07. The van der Waals surface area contributed by atoms with Gasteiger partial charge in [-0.3, -0.25) is 9.59 Å². The molecule has 0 aliphatic carbocycles. The number of carbonyl (C=O) groups excluding carboxylic acids is 1. The largest absolute Gasteiger partial charge is 0.350 e. The lowest BCUT2D eigenvalue weighted by Crippen LogP contribution is -2.34. The van der Waals surface area contributed by atoms with Gasteiger partial charge in [-0.05, 0) is 19.4 Å². The fourth-order valence-corrected chi connectivity index (χ4v) is 2.00. The Balaban J connectivity index is 2.62. The van der Waals surface area contributed by atoms with Crippen LogP contribution in [0.4, 0.5) is 0 Å². The van der Waals surface area contributed by atoms with Crippen LogP contribution in [0, 0.1) is 0 Å². The first-order valence-electron chi connectivity index (χ1n) is 5.12. The highest BCUT2D eigenvalue weighted by Gasteiger charge is 2.11. The smallest absolute Gasteiger partial charge is 0.251 e. The first-order chi connectivity index (χ1) is 7.49. The van der Waals surface area contributed by atoms with Gasteiger partial charge in [0.25, 0.3) is 5.91 Å². The molecule has 0 spiro atoms. The van der Waals surface area contributed by atoms with Crippen LogP contribution in [0.2, 0.25) is 0 Å². The molecule has 1 rings (SSSR count). The molecule has 0 aliphatic rings. The molecule has 0 saturated heterocycles. The van der Waals surface area contributed by atoms with Gasteiger partial charge in [-0.25, -0.2) is 0 Å². The van der Waals surface area contributed by atoms with Gasteiger partial charge >= 0.3 is 0 Å². The van der Waals surface area contributed by atoms with E-state index in [0.29, 0.717) is 10.4 Å². The van der Waals surface area contributed by atoms with E-state index in [1.807, 2.05) is 13.8 Å². The molecule has 0 aromatic carbocycles. The number of rotatable bonds is 4. The quantitative estimate of drug-likeness (QED) is 0.827. The van der Waals surface area contributed by atoms with Gasteiger partial charge in [-0.1, -0.05) is 22.9 Å². The van der Waals surface area contributed by atoms with Crippen LogP contribution in [0.3, 0.4) is 0 Å². The molecule has 1 aromatic heterocycles. The van der Waals surface area contributed by atoms with E-state index in [-0.39, 0.29) is 17.5 Å². The summed E-state index contributed by atoms with van der Waals surface area (Å²) < 4.78 is 0. The lowest BCUT2D eigenvalue weighted by atomic mass is 10.1. The minimum absolute atomic E-state index is 0.0705. The van der Waals surface area contributed by atoms with Crippen LogP contribution in [0.25, 0.3) is 0 Å². The van der Waals surface area contributed by atoms with Gasteiger partial charge in [0.2, 0.25) is 5.56 Å². The maximum absolute atomic E-state index is 11.7. The molecular formula is C11H15BrN2O2. The number of hydrogen-bond donors (Lipinski definition) is 2. The molecule has 2 atom stereocenters. The van der Waals surface area contributed by atoms with Crippen LogP contribution in [-0.2, 0) is 0 Å². The molecule has 1 aromatic rings. The maximum Gasteiger partial charge on any atom is 0.251 e. The molecule has 4 nitrogen and oxygen atoms in total. The van der Waals surface area contributed by atoms with Crippen molar-refractivity contribution in [2.75, 3.05) is 0 Å². The molecule has 0 bridgehead atoms. The predicted octanol–water partition coefficient (Wildman–Crippen LogP) is 1.67. The van der Waals surface area contributed by atoms with E-state index < -0.39 is 0 Å². The number of pyridine rings is 1. The maximum atomic E-state index is 11.7. The molecule has 88 valence electrons. The Hall–Kier alpha value is -1.10. The normalized spacial score (nSPS) is 14.2. The summed E-state index contributed by atoms with van der Waals surface area (Å²) in [5, 5.41) is 2.83. The molecular weight excluding hydrogens is 272 g/mol. The minimum Gasteiger partial charge on any atom is -0.350 e. The van der Waals surface area contributed by atoms with Crippen LogP contribution in [0.15, 0.2) is 23.1 Å². The van der Waals surface area contributed by atoms with Crippen molar-refractivity contribution in [2.24, 2.45) is 0 Å². The number of H-pyrrole nitrogens is 1. The fourth-order valence-electron chi connectivity index (χ4n) is 1.44. The molecule has 2 N–H and O–H groups in total. The first-order valence-corrected chi connectivity index (χ1v) is 6.04. The van der Waals surface area contributed by atoms with E-state index in [0.717, 1.165) is 6.42 Å². The Morgan fingerprint density at radius 3 is 2.81 bits per heavy atom. The van der Waals surface area contributed by atoms with Crippen molar-refractivity contribution in [1.82, 2.24) is 10.3 Å². The molecule has 0 aliphatic heterocycles. The zero-order valence-electron chi connectivity index (χ0n) is 9.29. The number of aromatic amines is 1. The van der Waals surface area contributed by atoms with Crippen LogP contribution in [0.1, 0.15) is 30.6 Å². The summed E-state index contributed by atoms with van der Waals surface area (Å²) in [5.74, 6) is -0.216. The van der Waals surface area contributed by atoms with Gasteiger partial charge in [0.1, 0.15) is 0 Å². The van der Waals surface area contributed by atoms with Crippen LogP contribution in [0.5, 0.6) is 0 Å². The van der Waals surface area contributed by atoms with Crippen molar-refractivity contribution in [3.8, 4) is 0 Å². The van der Waals surface area contributed by atoms with Gasteiger partial charge in [0.15, 0.2) is 0 Å². The van der Waals surface area contributed by atoms with Gasteiger partial charge < -0.3 is 10.3 Å². The number of amides is 1. The van der Waals surface area contributed by atoms with Crippen molar-refractivity contribution in [3.05, 3.63) is 34.2 Å². The van der Waals surface area contributed by atoms with Gasteiger partial charge in [-0.15, -0.1) is 0 Å². The van der Waals surface area contributed by atoms with E-state index in [1.165, 1.54) is 12.3 Å². The molecule has 16 heavy (non-hydrogen) atoms. The van der Waals surface area contributed by atoms with Gasteiger partial charge in [0, 0.05) is 28.7 Å². The Kier molecular flexibility index (Phi) is 4.73. The summed E-state index contributed by atoms with van der Waals surface area (Å²) in [5.41, 5.74) is 0.118. The third kappa shape index (κ3) is 4.18. The number of halogens is 1. The Morgan fingerprint density at radius 2 is 2.25 bits per heavy atom. The topological polar surface area (TPSA) is 62.0 Å². The van der Waals surface area contributed by atoms with Crippen LogP contribution in [-0.4, -0.2) is 21.8 Å². The molecule has 5 heteroatoms. The summed E-state index contributed by atoms with van der Waals surface area (Å²) >= 11 is 3.43. The minimum atomic E-state index is -0.269. The van der Waals surface area contributed by atoms with Crippen molar-refractivity contribution < 1.29 is 4.79 Å². The van der Waals surface area contributed by atoms with Crippen LogP contribution >= 0.6 is 15.9 Å². The fraction of sp³-hybridized carbons (Fsp3) is 0.455. The number of nitrogens with one attached hydrogen (secondary N) is 2. The third-order valence-electron chi connectivity index (χ3n) is 2.09.